The average Bonchev–Trinajstić information content (AvgIpc) is 3.35. The number of phosphoric acid groups is 1. The largest absolute Gasteiger partial charge is 0.472 e. The zero-order valence-corrected chi connectivity index (χ0v) is 50.6. The summed E-state index contributed by atoms with van der Waals surface area (Å²) < 4.78 is 30.6. The van der Waals surface area contributed by atoms with Crippen LogP contribution < -0.4 is 5.32 Å². The molecule has 3 unspecified atom stereocenters. The lowest BCUT2D eigenvalue weighted by Crippen LogP contribution is -2.47. The Bertz CT molecular complexity index is 1260. The Balaban J connectivity index is 4.95. The quantitative estimate of drug-likeness (QED) is 0.0205. The second-order valence-electron chi connectivity index (χ2n) is 23.3. The lowest BCUT2D eigenvalue weighted by molar-refractivity contribution is -0.870. The van der Waals surface area contributed by atoms with Gasteiger partial charge in [0.2, 0.25) is 5.91 Å². The third-order valence-corrected chi connectivity index (χ3v) is 15.7. The van der Waals surface area contributed by atoms with Crippen molar-refractivity contribution in [2.45, 2.75) is 341 Å². The number of phosphoric ester groups is 1. The Kier molecular flexibility index (Phi) is 53.2. The van der Waals surface area contributed by atoms with Crippen LogP contribution in [0.1, 0.15) is 329 Å². The molecule has 1 amide bonds. The molecule has 0 heterocycles. The molecule has 0 spiro atoms. The molecular formula is C63H126N2O7P+. The molecule has 0 radical (unpaired) electrons. The van der Waals surface area contributed by atoms with Crippen LogP contribution in [0.25, 0.3) is 0 Å². The average molecular weight is 1050 g/mol. The van der Waals surface area contributed by atoms with E-state index in [-0.39, 0.29) is 25.1 Å². The van der Waals surface area contributed by atoms with Gasteiger partial charge in [-0.1, -0.05) is 297 Å². The van der Waals surface area contributed by atoms with Gasteiger partial charge in [0.05, 0.1) is 33.8 Å². The van der Waals surface area contributed by atoms with Crippen molar-refractivity contribution in [1.82, 2.24) is 5.32 Å². The van der Waals surface area contributed by atoms with E-state index in [0.29, 0.717) is 23.9 Å². The molecule has 0 rings (SSSR count). The molecule has 0 bridgehead atoms. The summed E-state index contributed by atoms with van der Waals surface area (Å²) >= 11 is 0. The summed E-state index contributed by atoms with van der Waals surface area (Å²) in [5, 5.41) is 3.05. The summed E-state index contributed by atoms with van der Waals surface area (Å²) in [6.45, 7) is 7.05. The molecule has 0 aromatic heterocycles. The number of esters is 1. The molecule has 9 nitrogen and oxygen atoms in total. The van der Waals surface area contributed by atoms with Gasteiger partial charge >= 0.3 is 13.8 Å². The van der Waals surface area contributed by atoms with Crippen molar-refractivity contribution in [1.29, 1.82) is 0 Å². The van der Waals surface area contributed by atoms with E-state index in [9.17, 15) is 19.0 Å². The van der Waals surface area contributed by atoms with Crippen molar-refractivity contribution in [3.05, 3.63) is 12.2 Å². The molecule has 0 aliphatic heterocycles. The van der Waals surface area contributed by atoms with Gasteiger partial charge in [0.25, 0.3) is 0 Å². The molecule has 0 aliphatic carbocycles. The van der Waals surface area contributed by atoms with Crippen molar-refractivity contribution >= 4 is 19.7 Å². The SMILES string of the molecule is CCCCCCCCCCC/C=C\C(OC(=O)CCCCCCCCCCCCCCCCCCCCCCCCCCC)C(COP(=O)(O)OCC[N+](C)(C)C)NC(=O)CCCCCCCCCCCCC. The summed E-state index contributed by atoms with van der Waals surface area (Å²) in [6, 6.07) is -0.838. The number of rotatable bonds is 59. The van der Waals surface area contributed by atoms with Gasteiger partial charge in [-0.05, 0) is 31.8 Å². The monoisotopic (exact) mass is 1050 g/mol. The van der Waals surface area contributed by atoms with Crippen LogP contribution in [0.5, 0.6) is 0 Å². The van der Waals surface area contributed by atoms with E-state index in [1.54, 1.807) is 0 Å². The maximum atomic E-state index is 13.5. The van der Waals surface area contributed by atoms with E-state index in [2.05, 4.69) is 26.1 Å². The fraction of sp³-hybridized carbons (Fsp3) is 0.937. The summed E-state index contributed by atoms with van der Waals surface area (Å²) in [7, 11) is 1.52. The Morgan fingerprint density at radius 2 is 0.781 bits per heavy atom. The number of allylic oxidation sites excluding steroid dienone is 1. The molecule has 73 heavy (non-hydrogen) atoms. The van der Waals surface area contributed by atoms with Gasteiger partial charge in [-0.3, -0.25) is 18.6 Å². The smallest absolute Gasteiger partial charge is 0.456 e. The van der Waals surface area contributed by atoms with Crippen LogP contribution in [0.4, 0.5) is 0 Å². The van der Waals surface area contributed by atoms with Gasteiger partial charge in [0.15, 0.2) is 0 Å². The van der Waals surface area contributed by atoms with Gasteiger partial charge in [-0.25, -0.2) is 4.57 Å². The number of carbonyl (C=O) groups is 2. The Morgan fingerprint density at radius 3 is 1.12 bits per heavy atom. The molecule has 3 atom stereocenters. The first-order valence-corrected chi connectivity index (χ1v) is 33.5. The number of hydrogen-bond donors (Lipinski definition) is 2. The van der Waals surface area contributed by atoms with Crippen LogP contribution >= 0.6 is 7.82 Å². The Labute approximate surface area is 454 Å². The van der Waals surface area contributed by atoms with Crippen molar-refractivity contribution in [2.24, 2.45) is 0 Å². The van der Waals surface area contributed by atoms with E-state index in [0.717, 1.165) is 57.8 Å². The predicted octanol–water partition coefficient (Wildman–Crippen LogP) is 19.6. The second kappa shape index (κ2) is 54.1. The number of carbonyl (C=O) groups excluding carboxylic acids is 2. The standard InChI is InChI=1S/C63H125N2O7P/c1-7-10-13-16-19-22-25-26-27-28-29-30-31-32-33-34-35-36-37-38-41-44-47-50-53-56-63(67)72-61(54-51-48-45-42-39-23-20-17-14-11-8-2)60(59-71-73(68,69)70-58-57-65(4,5)6)64-62(66)55-52-49-46-43-40-24-21-18-15-12-9-3/h51,54,60-61H,7-50,52-53,55-59H2,1-6H3,(H-,64,66,68,69)/p+1/b54-51-. The highest BCUT2D eigenvalue weighted by Gasteiger charge is 2.30. The molecule has 0 aliphatic rings. The highest BCUT2D eigenvalue weighted by Crippen LogP contribution is 2.43. The van der Waals surface area contributed by atoms with E-state index in [1.807, 2.05) is 33.3 Å². The van der Waals surface area contributed by atoms with Crippen molar-refractivity contribution in [3.63, 3.8) is 0 Å². The van der Waals surface area contributed by atoms with E-state index >= 15 is 0 Å². The fourth-order valence-electron chi connectivity index (χ4n) is 9.77. The molecule has 10 heteroatoms. The summed E-state index contributed by atoms with van der Waals surface area (Å²) in [5.74, 6) is -0.486. The zero-order valence-electron chi connectivity index (χ0n) is 49.7. The predicted molar refractivity (Wildman–Crippen MR) is 314 cm³/mol. The maximum Gasteiger partial charge on any atom is 0.472 e. The number of nitrogens with zero attached hydrogens (tertiary/aromatic N) is 1. The minimum atomic E-state index is -4.43. The minimum Gasteiger partial charge on any atom is -0.456 e. The van der Waals surface area contributed by atoms with Crippen molar-refractivity contribution in [3.8, 4) is 0 Å². The second-order valence-corrected chi connectivity index (χ2v) is 24.8. The number of ether oxygens (including phenoxy) is 1. The zero-order chi connectivity index (χ0) is 53.6. The van der Waals surface area contributed by atoms with Crippen LogP contribution in [-0.4, -0.2) is 74.3 Å². The molecule has 0 saturated heterocycles. The normalized spacial score (nSPS) is 13.7. The number of likely N-dealkylation sites (N-methyl/N-ethyl adjacent to an activating group) is 1. The third-order valence-electron chi connectivity index (χ3n) is 14.7. The molecule has 434 valence electrons. The fourth-order valence-corrected chi connectivity index (χ4v) is 10.5. The van der Waals surface area contributed by atoms with Gasteiger partial charge in [-0.15, -0.1) is 0 Å². The van der Waals surface area contributed by atoms with Crippen LogP contribution in [0, 0.1) is 0 Å². The van der Waals surface area contributed by atoms with Crippen LogP contribution in [0.3, 0.4) is 0 Å². The van der Waals surface area contributed by atoms with E-state index in [1.165, 1.54) is 238 Å². The third kappa shape index (κ3) is 55.3. The Morgan fingerprint density at radius 1 is 0.466 bits per heavy atom. The first-order chi connectivity index (χ1) is 35.4. The summed E-state index contributed by atoms with van der Waals surface area (Å²) in [5.41, 5.74) is 0. The first-order valence-electron chi connectivity index (χ1n) is 32.0. The van der Waals surface area contributed by atoms with Crippen LogP contribution in [-0.2, 0) is 27.9 Å². The topological polar surface area (TPSA) is 111 Å². The van der Waals surface area contributed by atoms with Gasteiger partial charge in [0.1, 0.15) is 19.3 Å². The number of amides is 1. The molecule has 0 aromatic rings. The minimum absolute atomic E-state index is 0.0455. The van der Waals surface area contributed by atoms with E-state index in [4.69, 9.17) is 13.8 Å². The Hall–Kier alpha value is -1.25. The van der Waals surface area contributed by atoms with Gasteiger partial charge in [-0.2, -0.15) is 0 Å². The summed E-state index contributed by atoms with van der Waals surface area (Å²) in [6.07, 6.45) is 62.3. The molecule has 0 saturated carbocycles. The number of nitrogens with one attached hydrogen (secondary N) is 1. The van der Waals surface area contributed by atoms with Gasteiger partial charge in [0, 0.05) is 12.8 Å². The number of unbranched alkanes of at least 4 members (excludes halogenated alkanes) is 43. The number of hydrogen-bond acceptors (Lipinski definition) is 6. The molecule has 0 aromatic carbocycles. The highest BCUT2D eigenvalue weighted by atomic mass is 31.2. The van der Waals surface area contributed by atoms with Gasteiger partial charge < -0.3 is 19.4 Å². The summed E-state index contributed by atoms with van der Waals surface area (Å²) in [4.78, 5) is 37.6. The highest BCUT2D eigenvalue weighted by molar-refractivity contribution is 7.47. The lowest BCUT2D eigenvalue weighted by atomic mass is 10.0. The number of quaternary nitrogens is 1. The molecule has 0 fully saturated rings. The van der Waals surface area contributed by atoms with E-state index < -0.39 is 20.0 Å². The van der Waals surface area contributed by atoms with Crippen molar-refractivity contribution < 1.29 is 37.3 Å². The molecule has 2 N–H and O–H groups in total. The first kappa shape index (κ1) is 71.8. The maximum absolute atomic E-state index is 13.5. The van der Waals surface area contributed by atoms with Crippen LogP contribution in [0.15, 0.2) is 12.2 Å². The van der Waals surface area contributed by atoms with Crippen LogP contribution in [0.2, 0.25) is 0 Å². The van der Waals surface area contributed by atoms with Crippen molar-refractivity contribution in [2.75, 3.05) is 40.9 Å². The molecular weight excluding hydrogens is 928 g/mol. The lowest BCUT2D eigenvalue weighted by Gasteiger charge is -2.27.